The van der Waals surface area contributed by atoms with E-state index in [1.807, 2.05) is 0 Å². The molecule has 19 heavy (non-hydrogen) atoms. The highest BCUT2D eigenvalue weighted by Gasteiger charge is 2.65. The molecule has 0 aliphatic heterocycles. The van der Waals surface area contributed by atoms with E-state index < -0.39 is 5.97 Å². The number of carboxylic acids is 1. The van der Waals surface area contributed by atoms with Crippen LogP contribution in [0.4, 0.5) is 11.4 Å². The van der Waals surface area contributed by atoms with E-state index in [0.717, 1.165) is 29.4 Å². The number of nitrogens with one attached hydrogen (secondary N) is 1. The Bertz CT molecular complexity index is 541. The second-order valence-corrected chi connectivity index (χ2v) is 6.27. The van der Waals surface area contributed by atoms with Gasteiger partial charge in [-0.15, -0.1) is 0 Å². The van der Waals surface area contributed by atoms with E-state index in [0.29, 0.717) is 11.7 Å². The summed E-state index contributed by atoms with van der Waals surface area (Å²) >= 11 is 0. The normalized spacial score (nSPS) is 38.0. The summed E-state index contributed by atoms with van der Waals surface area (Å²) in [6, 6.07) is 5.53. The topological polar surface area (TPSA) is 75.4 Å². The zero-order valence-electron chi connectivity index (χ0n) is 10.7. The van der Waals surface area contributed by atoms with Crippen LogP contribution >= 0.6 is 0 Å². The number of nitrogen functional groups attached to an aromatic ring is 1. The van der Waals surface area contributed by atoms with Crippen LogP contribution in [0.25, 0.3) is 0 Å². The van der Waals surface area contributed by atoms with Gasteiger partial charge in [-0.3, -0.25) is 0 Å². The molecule has 3 fully saturated rings. The standard InChI is InChI=1S/C15H18N2O2/c16-10-6-9(15(18)19)3-4-11(10)17-14-12-7-1-2-8(5-7)13(12)14/h3-4,6-8,12-14,17H,1-2,5,16H2,(H,18,19). The Morgan fingerprint density at radius 1 is 1.26 bits per heavy atom. The number of fused-ring (bicyclic) bond motifs is 5. The maximum atomic E-state index is 10.9. The van der Waals surface area contributed by atoms with Crippen LogP contribution in [0.3, 0.4) is 0 Å². The average molecular weight is 258 g/mol. The Morgan fingerprint density at radius 2 is 1.95 bits per heavy atom. The van der Waals surface area contributed by atoms with Gasteiger partial charge in [-0.2, -0.15) is 0 Å². The zero-order chi connectivity index (χ0) is 13.1. The van der Waals surface area contributed by atoms with Crippen LogP contribution in [0.2, 0.25) is 0 Å². The first-order valence-electron chi connectivity index (χ1n) is 7.04. The monoisotopic (exact) mass is 258 g/mol. The molecule has 3 saturated carbocycles. The van der Waals surface area contributed by atoms with Gasteiger partial charge in [0.2, 0.25) is 0 Å². The summed E-state index contributed by atoms with van der Waals surface area (Å²) in [5.41, 5.74) is 7.63. The third-order valence-corrected chi connectivity index (χ3v) is 5.36. The van der Waals surface area contributed by atoms with Crippen LogP contribution in [0.15, 0.2) is 18.2 Å². The molecule has 2 bridgehead atoms. The van der Waals surface area contributed by atoms with Gasteiger partial charge < -0.3 is 16.2 Å². The molecule has 0 aromatic heterocycles. The fourth-order valence-corrected chi connectivity index (χ4v) is 4.53. The molecule has 1 aromatic carbocycles. The van der Waals surface area contributed by atoms with Crippen LogP contribution in [-0.2, 0) is 0 Å². The predicted molar refractivity (Wildman–Crippen MR) is 73.0 cm³/mol. The summed E-state index contributed by atoms with van der Waals surface area (Å²) in [5.74, 6) is 2.60. The van der Waals surface area contributed by atoms with Crippen molar-refractivity contribution in [1.29, 1.82) is 0 Å². The van der Waals surface area contributed by atoms with E-state index in [-0.39, 0.29) is 5.56 Å². The van der Waals surface area contributed by atoms with Crippen LogP contribution in [0.1, 0.15) is 29.6 Å². The average Bonchev–Trinajstić information content (AvgIpc) is 2.79. The third kappa shape index (κ3) is 1.55. The Labute approximate surface area is 112 Å². The molecule has 4 unspecified atom stereocenters. The number of nitrogens with two attached hydrogens (primary N) is 1. The number of hydrogen-bond acceptors (Lipinski definition) is 3. The van der Waals surface area contributed by atoms with Gasteiger partial charge >= 0.3 is 5.97 Å². The summed E-state index contributed by atoms with van der Waals surface area (Å²) in [6.07, 6.45) is 4.23. The lowest BCUT2D eigenvalue weighted by atomic mass is 10.0. The van der Waals surface area contributed by atoms with E-state index >= 15 is 0 Å². The minimum atomic E-state index is -0.931. The summed E-state index contributed by atoms with van der Waals surface area (Å²) in [6.45, 7) is 0. The highest BCUT2D eigenvalue weighted by molar-refractivity contribution is 5.90. The van der Waals surface area contributed by atoms with Crippen molar-refractivity contribution in [1.82, 2.24) is 0 Å². The van der Waals surface area contributed by atoms with Gasteiger partial charge in [0.25, 0.3) is 0 Å². The van der Waals surface area contributed by atoms with Crippen molar-refractivity contribution in [2.45, 2.75) is 25.3 Å². The minimum absolute atomic E-state index is 0.249. The van der Waals surface area contributed by atoms with Gasteiger partial charge in [0.1, 0.15) is 0 Å². The molecule has 0 amide bonds. The third-order valence-electron chi connectivity index (χ3n) is 5.36. The number of carbonyl (C=O) groups is 1. The predicted octanol–water partition coefficient (Wildman–Crippen LogP) is 2.42. The van der Waals surface area contributed by atoms with E-state index in [1.165, 1.54) is 25.3 Å². The SMILES string of the molecule is Nc1cc(C(=O)O)ccc1NC1C2C3CCC(C3)C12. The lowest BCUT2D eigenvalue weighted by molar-refractivity contribution is 0.0697. The van der Waals surface area contributed by atoms with Gasteiger partial charge in [-0.25, -0.2) is 4.79 Å². The zero-order valence-corrected chi connectivity index (χ0v) is 10.7. The van der Waals surface area contributed by atoms with Crippen molar-refractivity contribution in [2.24, 2.45) is 23.7 Å². The molecule has 0 heterocycles. The molecule has 3 aliphatic rings. The molecular weight excluding hydrogens is 240 g/mol. The molecule has 100 valence electrons. The molecule has 4 atom stereocenters. The Kier molecular flexibility index (Phi) is 2.14. The van der Waals surface area contributed by atoms with E-state index in [9.17, 15) is 4.79 Å². The van der Waals surface area contributed by atoms with Crippen molar-refractivity contribution < 1.29 is 9.90 Å². The quantitative estimate of drug-likeness (QED) is 0.728. The summed E-state index contributed by atoms with van der Waals surface area (Å²) < 4.78 is 0. The highest BCUT2D eigenvalue weighted by atomic mass is 16.4. The van der Waals surface area contributed by atoms with Crippen molar-refractivity contribution in [3.63, 3.8) is 0 Å². The van der Waals surface area contributed by atoms with Gasteiger partial charge in [-0.1, -0.05) is 0 Å². The van der Waals surface area contributed by atoms with Crippen LogP contribution < -0.4 is 11.1 Å². The molecule has 4 heteroatoms. The molecule has 0 radical (unpaired) electrons. The van der Waals surface area contributed by atoms with Gasteiger partial charge in [-0.05, 0) is 61.1 Å². The molecule has 3 aliphatic carbocycles. The largest absolute Gasteiger partial charge is 0.478 e. The number of benzene rings is 1. The molecule has 4 N–H and O–H groups in total. The number of carboxylic acid groups (broad SMARTS) is 1. The molecular formula is C15H18N2O2. The smallest absolute Gasteiger partial charge is 0.335 e. The van der Waals surface area contributed by atoms with E-state index in [2.05, 4.69) is 5.32 Å². The first-order valence-corrected chi connectivity index (χ1v) is 7.04. The molecule has 0 spiro atoms. The van der Waals surface area contributed by atoms with Gasteiger partial charge in [0, 0.05) is 6.04 Å². The second kappa shape index (κ2) is 3.65. The Balaban J connectivity index is 1.51. The first-order chi connectivity index (χ1) is 9.15. The number of rotatable bonds is 3. The van der Waals surface area contributed by atoms with Crippen LogP contribution in [0, 0.1) is 23.7 Å². The van der Waals surface area contributed by atoms with Crippen molar-refractivity contribution in [3.05, 3.63) is 23.8 Å². The fraction of sp³-hybridized carbons (Fsp3) is 0.533. The van der Waals surface area contributed by atoms with E-state index in [1.54, 1.807) is 12.1 Å². The first kappa shape index (κ1) is 11.1. The lowest BCUT2D eigenvalue weighted by Gasteiger charge is -2.14. The maximum absolute atomic E-state index is 10.9. The van der Waals surface area contributed by atoms with Gasteiger partial charge in [0.05, 0.1) is 16.9 Å². The Morgan fingerprint density at radius 3 is 2.53 bits per heavy atom. The second-order valence-electron chi connectivity index (χ2n) is 6.27. The van der Waals surface area contributed by atoms with E-state index in [4.69, 9.17) is 10.8 Å². The van der Waals surface area contributed by atoms with Crippen molar-refractivity contribution in [2.75, 3.05) is 11.1 Å². The molecule has 4 nitrogen and oxygen atoms in total. The fourth-order valence-electron chi connectivity index (χ4n) is 4.53. The van der Waals surface area contributed by atoms with Crippen LogP contribution in [-0.4, -0.2) is 17.1 Å². The molecule has 1 aromatic rings. The maximum Gasteiger partial charge on any atom is 0.335 e. The summed E-state index contributed by atoms with van der Waals surface area (Å²) in [4.78, 5) is 10.9. The summed E-state index contributed by atoms with van der Waals surface area (Å²) in [5, 5.41) is 12.5. The minimum Gasteiger partial charge on any atom is -0.478 e. The highest BCUT2D eigenvalue weighted by Crippen LogP contribution is 2.66. The molecule has 4 rings (SSSR count). The van der Waals surface area contributed by atoms with Crippen molar-refractivity contribution >= 4 is 17.3 Å². The Hall–Kier alpha value is -1.71. The van der Waals surface area contributed by atoms with Crippen molar-refractivity contribution in [3.8, 4) is 0 Å². The number of hydrogen-bond donors (Lipinski definition) is 3. The number of aromatic carboxylic acids is 1. The lowest BCUT2D eigenvalue weighted by Crippen LogP contribution is -2.14. The molecule has 0 saturated heterocycles. The summed E-state index contributed by atoms with van der Waals surface area (Å²) in [7, 11) is 0. The number of anilines is 2. The van der Waals surface area contributed by atoms with Gasteiger partial charge in [0.15, 0.2) is 0 Å². The van der Waals surface area contributed by atoms with Crippen LogP contribution in [0.5, 0.6) is 0 Å².